The highest BCUT2D eigenvalue weighted by molar-refractivity contribution is 5.66. The van der Waals surface area contributed by atoms with Crippen molar-refractivity contribution in [3.63, 3.8) is 0 Å². The molecule has 0 saturated heterocycles. The molecule has 4 rings (SSSR count). The Morgan fingerprint density at radius 3 is 2.65 bits per heavy atom. The van der Waals surface area contributed by atoms with Crippen LogP contribution in [0.5, 0.6) is 5.88 Å². The Kier molecular flexibility index (Phi) is 6.98. The van der Waals surface area contributed by atoms with E-state index >= 15 is 0 Å². The van der Waals surface area contributed by atoms with Crippen molar-refractivity contribution in [1.29, 1.82) is 0 Å². The molecule has 0 saturated carbocycles. The second-order valence-corrected chi connectivity index (χ2v) is 6.88. The van der Waals surface area contributed by atoms with Crippen LogP contribution in [0.25, 0.3) is 12.2 Å². The lowest BCUT2D eigenvalue weighted by Crippen LogP contribution is -2.03. The molecule has 172 valence electrons. The highest BCUT2D eigenvalue weighted by Crippen LogP contribution is 2.29. The van der Waals surface area contributed by atoms with E-state index in [1.807, 2.05) is 0 Å². The molecule has 0 aliphatic heterocycles. The minimum absolute atomic E-state index is 0.106. The number of oxazole rings is 1. The molecule has 0 atom stereocenters. The number of aromatic nitrogens is 6. The van der Waals surface area contributed by atoms with Gasteiger partial charge in [-0.05, 0) is 29.7 Å². The van der Waals surface area contributed by atoms with Crippen LogP contribution < -0.4 is 4.74 Å². The number of alkyl halides is 3. The van der Waals surface area contributed by atoms with Gasteiger partial charge >= 0.3 is 6.18 Å². The molecule has 0 unspecified atom stereocenters. The third-order valence-electron chi connectivity index (χ3n) is 4.38. The zero-order valence-corrected chi connectivity index (χ0v) is 17.6. The lowest BCUT2D eigenvalue weighted by molar-refractivity contribution is -0.137. The number of benzene rings is 1. The van der Waals surface area contributed by atoms with Crippen LogP contribution in [0.1, 0.15) is 34.8 Å². The van der Waals surface area contributed by atoms with Gasteiger partial charge in [-0.2, -0.15) is 13.2 Å². The maximum Gasteiger partial charge on any atom is 0.416 e. The zero-order valence-electron chi connectivity index (χ0n) is 17.6. The van der Waals surface area contributed by atoms with Gasteiger partial charge in [0, 0.05) is 18.7 Å². The fourth-order valence-corrected chi connectivity index (χ4v) is 2.69. The zero-order chi connectivity index (χ0) is 23.8. The van der Waals surface area contributed by atoms with Gasteiger partial charge in [-0.25, -0.2) is 15.0 Å². The van der Waals surface area contributed by atoms with Crippen molar-refractivity contribution >= 4 is 12.2 Å². The lowest BCUT2D eigenvalue weighted by atomic mass is 10.1. The van der Waals surface area contributed by atoms with E-state index in [4.69, 9.17) is 9.15 Å². The molecule has 11 heteroatoms. The van der Waals surface area contributed by atoms with Gasteiger partial charge in [-0.3, -0.25) is 4.68 Å². The van der Waals surface area contributed by atoms with Crippen molar-refractivity contribution in [2.75, 3.05) is 0 Å². The van der Waals surface area contributed by atoms with Gasteiger partial charge in [0.2, 0.25) is 11.8 Å². The Labute approximate surface area is 192 Å². The SMILES string of the molecule is FC(F)(F)c1ccc(/C=C/c2nc(COc3cnc(C#CCCn4ccnn4)cn3)co2)cc1. The lowest BCUT2D eigenvalue weighted by Gasteiger charge is -2.05. The summed E-state index contributed by atoms with van der Waals surface area (Å²) in [5.41, 5.74) is 0.918. The molecule has 0 fully saturated rings. The maximum atomic E-state index is 12.6. The normalized spacial score (nSPS) is 11.4. The van der Waals surface area contributed by atoms with Gasteiger partial charge < -0.3 is 9.15 Å². The molecule has 0 amide bonds. The second-order valence-electron chi connectivity index (χ2n) is 6.88. The van der Waals surface area contributed by atoms with Gasteiger partial charge in [0.05, 0.1) is 30.7 Å². The molecule has 34 heavy (non-hydrogen) atoms. The molecule has 3 aromatic heterocycles. The van der Waals surface area contributed by atoms with Crippen LogP contribution in [0.4, 0.5) is 13.2 Å². The number of hydrogen-bond donors (Lipinski definition) is 0. The van der Waals surface area contributed by atoms with E-state index in [2.05, 4.69) is 37.1 Å². The summed E-state index contributed by atoms with van der Waals surface area (Å²) in [6.07, 6.45) is 7.18. The van der Waals surface area contributed by atoms with Crippen LogP contribution in [0, 0.1) is 11.8 Å². The number of halogens is 3. The van der Waals surface area contributed by atoms with E-state index in [-0.39, 0.29) is 6.61 Å². The molecule has 0 spiro atoms. The summed E-state index contributed by atoms with van der Waals surface area (Å²) in [4.78, 5) is 12.6. The highest BCUT2D eigenvalue weighted by atomic mass is 19.4. The van der Waals surface area contributed by atoms with E-state index in [1.54, 1.807) is 29.2 Å². The average Bonchev–Trinajstić information content (AvgIpc) is 3.52. The quantitative estimate of drug-likeness (QED) is 0.376. The van der Waals surface area contributed by atoms with E-state index in [0.717, 1.165) is 12.1 Å². The van der Waals surface area contributed by atoms with Crippen molar-refractivity contribution in [3.8, 4) is 17.7 Å². The Bertz CT molecular complexity index is 1290. The topological polar surface area (TPSA) is 91.8 Å². The average molecular weight is 466 g/mol. The molecule has 0 aliphatic carbocycles. The number of hydrogen-bond acceptors (Lipinski definition) is 7. The minimum atomic E-state index is -4.36. The summed E-state index contributed by atoms with van der Waals surface area (Å²) in [7, 11) is 0. The summed E-state index contributed by atoms with van der Waals surface area (Å²) < 4.78 is 50.4. The Balaban J connectivity index is 1.25. The highest BCUT2D eigenvalue weighted by Gasteiger charge is 2.29. The van der Waals surface area contributed by atoms with Gasteiger partial charge in [-0.1, -0.05) is 23.3 Å². The Morgan fingerprint density at radius 1 is 1.09 bits per heavy atom. The van der Waals surface area contributed by atoms with Gasteiger partial charge in [0.15, 0.2) is 0 Å². The summed E-state index contributed by atoms with van der Waals surface area (Å²) in [6.45, 7) is 0.746. The predicted molar refractivity (Wildman–Crippen MR) is 115 cm³/mol. The molecule has 0 N–H and O–H groups in total. The maximum absolute atomic E-state index is 12.6. The van der Waals surface area contributed by atoms with Crippen molar-refractivity contribution in [1.82, 2.24) is 29.9 Å². The van der Waals surface area contributed by atoms with Crippen LogP contribution >= 0.6 is 0 Å². The van der Waals surface area contributed by atoms with E-state index in [1.165, 1.54) is 30.8 Å². The molecule has 8 nitrogen and oxygen atoms in total. The van der Waals surface area contributed by atoms with Crippen LogP contribution in [0.3, 0.4) is 0 Å². The monoisotopic (exact) mass is 466 g/mol. The van der Waals surface area contributed by atoms with Crippen LogP contribution in [-0.4, -0.2) is 29.9 Å². The smallest absolute Gasteiger partial charge is 0.416 e. The molecular formula is C23H17F3N6O2. The third-order valence-corrected chi connectivity index (χ3v) is 4.38. The van der Waals surface area contributed by atoms with E-state index in [0.29, 0.717) is 41.7 Å². The first kappa shape index (κ1) is 22.7. The number of ether oxygens (including phenoxy) is 1. The van der Waals surface area contributed by atoms with Gasteiger partial charge in [0.1, 0.15) is 24.3 Å². The van der Waals surface area contributed by atoms with Crippen molar-refractivity contribution in [3.05, 3.63) is 83.7 Å². The Morgan fingerprint density at radius 2 is 1.94 bits per heavy atom. The van der Waals surface area contributed by atoms with Crippen LogP contribution in [-0.2, 0) is 19.3 Å². The van der Waals surface area contributed by atoms with Crippen LogP contribution in [0.2, 0.25) is 0 Å². The first-order chi connectivity index (χ1) is 16.5. The second kappa shape index (κ2) is 10.4. The number of rotatable bonds is 7. The predicted octanol–water partition coefficient (Wildman–Crippen LogP) is 4.27. The standard InChI is InChI=1S/C23H17F3N6O2/c24-23(25,26)18-7-4-17(5-8-18)6-9-21-30-20(15-33-21)16-34-22-14-27-19(13-28-22)3-1-2-11-32-12-10-29-31-32/h4-10,12-15H,2,11,16H2/b9-6+. The largest absolute Gasteiger partial charge is 0.470 e. The fraction of sp³-hybridized carbons (Fsp3) is 0.174. The molecule has 0 radical (unpaired) electrons. The van der Waals surface area contributed by atoms with Gasteiger partial charge in [-0.15, -0.1) is 5.10 Å². The molecular weight excluding hydrogens is 449 g/mol. The van der Waals surface area contributed by atoms with Crippen molar-refractivity contribution in [2.45, 2.75) is 25.7 Å². The first-order valence-corrected chi connectivity index (χ1v) is 10.0. The van der Waals surface area contributed by atoms with Crippen molar-refractivity contribution in [2.24, 2.45) is 0 Å². The summed E-state index contributed by atoms with van der Waals surface area (Å²) >= 11 is 0. The first-order valence-electron chi connectivity index (χ1n) is 10.0. The third kappa shape index (κ3) is 6.52. The fourth-order valence-electron chi connectivity index (χ4n) is 2.69. The molecule has 0 aliphatic rings. The Hall–Kier alpha value is -4.46. The minimum Gasteiger partial charge on any atom is -0.470 e. The molecule has 1 aromatic carbocycles. The summed E-state index contributed by atoms with van der Waals surface area (Å²) in [6, 6.07) is 4.78. The number of nitrogens with zero attached hydrogens (tertiary/aromatic N) is 6. The van der Waals surface area contributed by atoms with Crippen LogP contribution in [0.15, 0.2) is 59.7 Å². The molecule has 0 bridgehead atoms. The van der Waals surface area contributed by atoms with Gasteiger partial charge in [0.25, 0.3) is 0 Å². The van der Waals surface area contributed by atoms with E-state index in [9.17, 15) is 13.2 Å². The summed E-state index contributed by atoms with van der Waals surface area (Å²) in [5.74, 6) is 6.51. The summed E-state index contributed by atoms with van der Waals surface area (Å²) in [5, 5.41) is 7.58. The molecule has 3 heterocycles. The number of aryl methyl sites for hydroxylation is 1. The van der Waals surface area contributed by atoms with Crippen molar-refractivity contribution < 1.29 is 22.3 Å². The van der Waals surface area contributed by atoms with E-state index < -0.39 is 11.7 Å². The molecule has 4 aromatic rings.